The van der Waals surface area contributed by atoms with Gasteiger partial charge in [-0.15, -0.1) is 0 Å². The highest BCUT2D eigenvalue weighted by Crippen LogP contribution is 2.20. The van der Waals surface area contributed by atoms with E-state index in [1.807, 2.05) is 0 Å². The van der Waals surface area contributed by atoms with E-state index in [0.29, 0.717) is 25.9 Å². The molecule has 0 aromatic rings. The molecule has 1 amide bonds. The average Bonchev–Trinajstić information content (AvgIpc) is 3.53. The van der Waals surface area contributed by atoms with E-state index < -0.39 is 12.1 Å². The summed E-state index contributed by atoms with van der Waals surface area (Å²) >= 11 is 0. The average molecular weight is 1210 g/mol. The summed E-state index contributed by atoms with van der Waals surface area (Å²) in [4.78, 5) is 24.7. The van der Waals surface area contributed by atoms with Crippen LogP contribution in [-0.4, -0.2) is 47.4 Å². The van der Waals surface area contributed by atoms with Gasteiger partial charge in [0.2, 0.25) is 5.91 Å². The van der Waals surface area contributed by atoms with E-state index >= 15 is 0 Å². The Morgan fingerprint density at radius 1 is 0.326 bits per heavy atom. The quantitative estimate of drug-likeness (QED) is 0.0320. The number of carbonyl (C=O) groups excluding carboxylic acids is 2. The van der Waals surface area contributed by atoms with Gasteiger partial charge in [-0.3, -0.25) is 9.59 Å². The highest BCUT2D eigenvalue weighted by Gasteiger charge is 2.20. The minimum atomic E-state index is -0.663. The van der Waals surface area contributed by atoms with Crippen LogP contribution in [-0.2, 0) is 14.3 Å². The van der Waals surface area contributed by atoms with E-state index in [9.17, 15) is 19.8 Å². The van der Waals surface area contributed by atoms with Crippen molar-refractivity contribution in [3.8, 4) is 0 Å². The Morgan fingerprint density at radius 3 is 0.907 bits per heavy atom. The third-order valence-electron chi connectivity index (χ3n) is 18.8. The van der Waals surface area contributed by atoms with E-state index in [0.717, 1.165) is 51.4 Å². The van der Waals surface area contributed by atoms with Gasteiger partial charge in [-0.1, -0.05) is 404 Å². The van der Waals surface area contributed by atoms with Gasteiger partial charge >= 0.3 is 5.97 Å². The maximum atomic E-state index is 12.6. The van der Waals surface area contributed by atoms with Crippen molar-refractivity contribution < 1.29 is 24.5 Å². The summed E-state index contributed by atoms with van der Waals surface area (Å²) in [6.07, 6.45) is 96.9. The Kier molecular flexibility index (Phi) is 74.3. The Bertz CT molecular complexity index is 1350. The zero-order valence-corrected chi connectivity index (χ0v) is 58.6. The van der Waals surface area contributed by atoms with Crippen LogP contribution in [0.4, 0.5) is 0 Å². The van der Waals surface area contributed by atoms with Crippen LogP contribution >= 0.6 is 0 Å². The summed E-state index contributed by atoms with van der Waals surface area (Å²) in [5.74, 6) is -0.0101. The predicted molar refractivity (Wildman–Crippen MR) is 380 cm³/mol. The van der Waals surface area contributed by atoms with Crippen molar-refractivity contribution >= 4 is 11.9 Å². The molecule has 0 aliphatic carbocycles. The number of unbranched alkanes of at least 4 members (excludes halogenated alkanes) is 60. The smallest absolute Gasteiger partial charge is 0.305 e. The van der Waals surface area contributed by atoms with Crippen molar-refractivity contribution in [3.05, 3.63) is 24.3 Å². The predicted octanol–water partition coefficient (Wildman–Crippen LogP) is 26.0. The van der Waals surface area contributed by atoms with Gasteiger partial charge in [-0.05, 0) is 57.8 Å². The maximum Gasteiger partial charge on any atom is 0.305 e. The Morgan fingerprint density at radius 2 is 0.581 bits per heavy atom. The number of nitrogens with one attached hydrogen (secondary N) is 1. The normalized spacial score (nSPS) is 12.6. The fourth-order valence-corrected chi connectivity index (χ4v) is 12.7. The second-order valence-electron chi connectivity index (χ2n) is 27.4. The van der Waals surface area contributed by atoms with Gasteiger partial charge in [0.25, 0.3) is 0 Å². The third kappa shape index (κ3) is 71.4. The number of ether oxygens (including phenoxy) is 1. The molecule has 510 valence electrons. The molecule has 0 saturated heterocycles. The molecular formula is C80H155NO5. The first-order valence-corrected chi connectivity index (χ1v) is 39.6. The molecule has 0 fully saturated rings. The molecule has 86 heavy (non-hydrogen) atoms. The second-order valence-corrected chi connectivity index (χ2v) is 27.4. The maximum absolute atomic E-state index is 12.6. The lowest BCUT2D eigenvalue weighted by Crippen LogP contribution is -2.45. The number of aliphatic hydroxyl groups is 2. The summed E-state index contributed by atoms with van der Waals surface area (Å²) in [7, 11) is 0. The number of allylic oxidation sites excluding steroid dienone is 4. The van der Waals surface area contributed by atoms with Gasteiger partial charge in [0, 0.05) is 12.8 Å². The van der Waals surface area contributed by atoms with Crippen molar-refractivity contribution in [1.29, 1.82) is 0 Å². The van der Waals surface area contributed by atoms with Crippen molar-refractivity contribution in [2.24, 2.45) is 0 Å². The lowest BCUT2D eigenvalue weighted by molar-refractivity contribution is -0.143. The van der Waals surface area contributed by atoms with Crippen molar-refractivity contribution in [2.45, 2.75) is 463 Å². The standard InChI is InChI=1S/C80H155NO5/c1-3-5-7-9-11-13-15-17-19-21-23-24-33-37-40-44-48-52-56-60-64-68-72-78(83)77(76-82)81-79(84)73-69-65-61-57-53-49-45-41-38-34-31-29-27-25-26-28-30-32-35-39-43-47-51-55-59-63-67-71-75-86-80(85)74-70-66-62-58-54-50-46-42-36-22-20-18-16-14-12-10-8-6-4-2/h12,14,18,20,77-78,82-83H,3-11,13,15-17,19,21-76H2,1-2H3,(H,81,84)/b14-12-,20-18-. The van der Waals surface area contributed by atoms with Crippen molar-refractivity contribution in [2.75, 3.05) is 13.2 Å². The molecule has 0 aromatic heterocycles. The molecule has 0 radical (unpaired) electrons. The van der Waals surface area contributed by atoms with Crippen LogP contribution in [0.15, 0.2) is 24.3 Å². The molecule has 2 unspecified atom stereocenters. The van der Waals surface area contributed by atoms with Crippen LogP contribution in [0.25, 0.3) is 0 Å². The van der Waals surface area contributed by atoms with Crippen LogP contribution < -0.4 is 5.32 Å². The van der Waals surface area contributed by atoms with Crippen LogP contribution in [0.3, 0.4) is 0 Å². The molecule has 0 aliphatic heterocycles. The number of rotatable bonds is 75. The molecule has 6 nitrogen and oxygen atoms in total. The van der Waals surface area contributed by atoms with E-state index in [1.54, 1.807) is 0 Å². The summed E-state index contributed by atoms with van der Waals surface area (Å²) in [6, 6.07) is -0.540. The molecule has 3 N–H and O–H groups in total. The number of hydrogen-bond donors (Lipinski definition) is 3. The molecule has 0 aromatic carbocycles. The molecule has 0 bridgehead atoms. The Labute approximate surface area is 539 Å². The van der Waals surface area contributed by atoms with Crippen LogP contribution in [0.5, 0.6) is 0 Å². The van der Waals surface area contributed by atoms with E-state index in [1.165, 1.54) is 366 Å². The fourth-order valence-electron chi connectivity index (χ4n) is 12.7. The molecular weight excluding hydrogens is 1050 g/mol. The van der Waals surface area contributed by atoms with Gasteiger partial charge < -0.3 is 20.3 Å². The number of esters is 1. The number of amides is 1. The first kappa shape index (κ1) is 84.3. The van der Waals surface area contributed by atoms with E-state index in [2.05, 4.69) is 43.5 Å². The summed E-state index contributed by atoms with van der Waals surface area (Å²) in [5, 5.41) is 23.5. The van der Waals surface area contributed by atoms with Gasteiger partial charge in [-0.2, -0.15) is 0 Å². The van der Waals surface area contributed by atoms with Crippen LogP contribution in [0.1, 0.15) is 450 Å². The molecule has 0 spiro atoms. The van der Waals surface area contributed by atoms with E-state index in [4.69, 9.17) is 4.74 Å². The molecule has 6 heteroatoms. The zero-order chi connectivity index (χ0) is 62.0. The summed E-state index contributed by atoms with van der Waals surface area (Å²) in [5.41, 5.74) is 0. The lowest BCUT2D eigenvalue weighted by atomic mass is 10.0. The largest absolute Gasteiger partial charge is 0.466 e. The van der Waals surface area contributed by atoms with Crippen LogP contribution in [0.2, 0.25) is 0 Å². The lowest BCUT2D eigenvalue weighted by Gasteiger charge is -2.22. The number of hydrogen-bond acceptors (Lipinski definition) is 5. The minimum Gasteiger partial charge on any atom is -0.466 e. The molecule has 0 heterocycles. The second kappa shape index (κ2) is 75.8. The Hall–Kier alpha value is -1.66. The fraction of sp³-hybridized carbons (Fsp3) is 0.925. The molecule has 0 saturated carbocycles. The summed E-state index contributed by atoms with van der Waals surface area (Å²) in [6.45, 7) is 4.98. The number of aliphatic hydroxyl groups excluding tert-OH is 2. The minimum absolute atomic E-state index is 0.0162. The molecule has 2 atom stereocenters. The van der Waals surface area contributed by atoms with Gasteiger partial charge in [0.05, 0.1) is 25.4 Å². The zero-order valence-electron chi connectivity index (χ0n) is 58.6. The highest BCUT2D eigenvalue weighted by molar-refractivity contribution is 5.76. The topological polar surface area (TPSA) is 95.9 Å². The number of carbonyl (C=O) groups is 2. The van der Waals surface area contributed by atoms with Crippen LogP contribution in [0, 0.1) is 0 Å². The first-order chi connectivity index (χ1) is 42.5. The van der Waals surface area contributed by atoms with Crippen molar-refractivity contribution in [3.63, 3.8) is 0 Å². The van der Waals surface area contributed by atoms with Crippen molar-refractivity contribution in [1.82, 2.24) is 5.32 Å². The molecule has 0 aliphatic rings. The third-order valence-corrected chi connectivity index (χ3v) is 18.8. The molecule has 0 rings (SSSR count). The monoisotopic (exact) mass is 1210 g/mol. The summed E-state index contributed by atoms with van der Waals surface area (Å²) < 4.78 is 5.52. The van der Waals surface area contributed by atoms with Gasteiger partial charge in [-0.25, -0.2) is 0 Å². The SMILES string of the molecule is CCCCC/C=C\C/C=C\CCCCCCCCCCCC(=O)OCCCCCCCCCCCCCCCCCCCCCCCCCCCCCCC(=O)NC(CO)C(O)CCCCCCCCCCCCCCCCCCCCCCCC. The van der Waals surface area contributed by atoms with Gasteiger partial charge in [0.15, 0.2) is 0 Å². The van der Waals surface area contributed by atoms with Gasteiger partial charge in [0.1, 0.15) is 0 Å². The highest BCUT2D eigenvalue weighted by atomic mass is 16.5. The Balaban J connectivity index is 3.34. The first-order valence-electron chi connectivity index (χ1n) is 39.6. The van der Waals surface area contributed by atoms with E-state index in [-0.39, 0.29) is 18.5 Å².